The Morgan fingerprint density at radius 2 is 1.20 bits per heavy atom. The summed E-state index contributed by atoms with van der Waals surface area (Å²) >= 11 is 0. The number of nitrogens with one attached hydrogen (secondary N) is 8. The topological polar surface area (TPSA) is 409 Å². The van der Waals surface area contributed by atoms with E-state index in [9.17, 15) is 67.7 Å². The van der Waals surface area contributed by atoms with Gasteiger partial charge in [0.05, 0.1) is 32.3 Å². The normalized spacial score (nSPS) is 18.0. The third-order valence-electron chi connectivity index (χ3n) is 14.6. The summed E-state index contributed by atoms with van der Waals surface area (Å²) in [6.07, 6.45) is -0.597. The van der Waals surface area contributed by atoms with Crippen molar-refractivity contribution in [1.29, 1.82) is 0 Å². The van der Waals surface area contributed by atoms with Crippen LogP contribution in [0.2, 0.25) is 0 Å². The maximum atomic E-state index is 13.8. The van der Waals surface area contributed by atoms with E-state index in [0.29, 0.717) is 25.8 Å². The molecule has 0 saturated carbocycles. The van der Waals surface area contributed by atoms with Gasteiger partial charge < -0.3 is 73.9 Å². The van der Waals surface area contributed by atoms with Gasteiger partial charge in [-0.2, -0.15) is 0 Å². The molecule has 0 bridgehead atoms. The first-order valence-corrected chi connectivity index (χ1v) is 28.5. The van der Waals surface area contributed by atoms with Gasteiger partial charge in [-0.3, -0.25) is 52.8 Å². The summed E-state index contributed by atoms with van der Waals surface area (Å²) < 4.78 is 5.73. The maximum absolute atomic E-state index is 13.8. The molecule has 2 heterocycles. The smallest absolute Gasteiger partial charge is 0.410 e. The molecule has 460 valence electrons. The quantitative estimate of drug-likeness (QED) is 0.0392. The predicted octanol–water partition coefficient (Wildman–Crippen LogP) is -1.27. The van der Waals surface area contributed by atoms with Gasteiger partial charge in [0.2, 0.25) is 59.1 Å². The van der Waals surface area contributed by atoms with Crippen molar-refractivity contribution in [3.05, 3.63) is 59.7 Å². The van der Waals surface area contributed by atoms with E-state index in [-0.39, 0.29) is 82.4 Å². The molecule has 0 aromatic heterocycles. The van der Waals surface area contributed by atoms with E-state index >= 15 is 0 Å². The van der Waals surface area contributed by atoms with Crippen molar-refractivity contribution in [2.24, 2.45) is 23.3 Å². The average Bonchev–Trinajstić information content (AvgIpc) is 3.79. The summed E-state index contributed by atoms with van der Waals surface area (Å²) in [6, 6.07) is 7.05. The monoisotopic (exact) mass is 1170 g/mol. The van der Waals surface area contributed by atoms with Crippen LogP contribution in [-0.2, 0) is 57.5 Å². The summed E-state index contributed by atoms with van der Waals surface area (Å²) in [6.45, 7) is 6.87. The van der Waals surface area contributed by atoms with E-state index in [4.69, 9.17) is 16.2 Å². The molecule has 0 unspecified atom stereocenters. The third-order valence-corrected chi connectivity index (χ3v) is 14.6. The molecular weight excluding hydrogens is 1090 g/mol. The number of rotatable bonds is 31. The standard InChI is InChI=1S/C57H82N12O15/c1-31(2)23-42(52(77)62-28-49(74)68-22-12-18-44(68)55(80)65-41(56(81)82)17-10-11-21-58)66-50(75)33(5)63-47(72)26-60-51(76)43(24-32(3)4)67-53(78)40(19-20-46(59)71)64-48(73)27-61-54(79)45-25-34(70)29-69(45)57(83)84-30-39-37-15-8-6-13-35(37)36-14-7-9-16-38(36)39/h6-9,13-16,31-34,39-45,70H,10-12,17-30,58H2,1-5H3,(H2,59,71)(H,60,76)(H,61,79)(H,62,77)(H,63,72)(H,64,73)(H,65,80)(H,66,75)(H,67,78)(H,81,82)/t33-,34+,40-,41-,42-,43-,44-,45-/m0/s1. The number of amides is 11. The Hall–Kier alpha value is -8.20. The van der Waals surface area contributed by atoms with Crippen LogP contribution in [0.4, 0.5) is 4.79 Å². The van der Waals surface area contributed by atoms with Crippen molar-refractivity contribution in [3.8, 4) is 11.1 Å². The van der Waals surface area contributed by atoms with Gasteiger partial charge in [0, 0.05) is 25.3 Å². The predicted molar refractivity (Wildman–Crippen MR) is 303 cm³/mol. The number of aliphatic hydroxyl groups is 1. The number of carboxylic acids is 1. The Morgan fingerprint density at radius 1 is 0.631 bits per heavy atom. The second kappa shape index (κ2) is 32.0. The van der Waals surface area contributed by atoms with Gasteiger partial charge in [0.15, 0.2) is 0 Å². The minimum absolute atomic E-state index is 0.0373. The first kappa shape index (κ1) is 66.6. The Bertz CT molecular complexity index is 2680. The highest BCUT2D eigenvalue weighted by Crippen LogP contribution is 2.44. The summed E-state index contributed by atoms with van der Waals surface area (Å²) in [5.74, 6) is -9.56. The molecule has 27 nitrogen and oxygen atoms in total. The van der Waals surface area contributed by atoms with Crippen molar-refractivity contribution in [2.75, 3.05) is 45.9 Å². The molecular formula is C57H82N12O15. The maximum Gasteiger partial charge on any atom is 0.410 e. The fourth-order valence-corrected chi connectivity index (χ4v) is 10.4. The zero-order chi connectivity index (χ0) is 61.8. The second-order valence-corrected chi connectivity index (χ2v) is 22.2. The number of hydrogen-bond donors (Lipinski definition) is 12. The van der Waals surface area contributed by atoms with E-state index < -0.39 is 139 Å². The van der Waals surface area contributed by atoms with Gasteiger partial charge in [-0.15, -0.1) is 0 Å². The molecule has 3 aliphatic rings. The molecule has 2 aromatic rings. The lowest BCUT2D eigenvalue weighted by atomic mass is 9.98. The number of carbonyl (C=O) groups is 12. The number of fused-ring (bicyclic) bond motifs is 3. The fourth-order valence-electron chi connectivity index (χ4n) is 10.4. The number of unbranched alkanes of at least 4 members (excludes halogenated alkanes) is 1. The molecule has 14 N–H and O–H groups in total. The first-order valence-electron chi connectivity index (χ1n) is 28.5. The van der Waals surface area contributed by atoms with Crippen LogP contribution in [-0.4, -0.2) is 185 Å². The van der Waals surface area contributed by atoms with Crippen LogP contribution in [0.15, 0.2) is 48.5 Å². The van der Waals surface area contributed by atoms with E-state index in [1.807, 2.05) is 48.5 Å². The van der Waals surface area contributed by atoms with Crippen LogP contribution in [0.5, 0.6) is 0 Å². The number of aliphatic hydroxyl groups excluding tert-OH is 1. The Kier molecular flexibility index (Phi) is 25.4. The van der Waals surface area contributed by atoms with Gasteiger partial charge in [0.1, 0.15) is 48.9 Å². The van der Waals surface area contributed by atoms with E-state index in [0.717, 1.165) is 27.2 Å². The van der Waals surface area contributed by atoms with Gasteiger partial charge in [0.25, 0.3) is 0 Å². The summed E-state index contributed by atoms with van der Waals surface area (Å²) in [5, 5.41) is 40.0. The molecule has 2 aromatic carbocycles. The zero-order valence-corrected chi connectivity index (χ0v) is 48.2. The van der Waals surface area contributed by atoms with Gasteiger partial charge in [-0.1, -0.05) is 76.2 Å². The fraction of sp³-hybridized carbons (Fsp3) is 0.579. The minimum Gasteiger partial charge on any atom is -0.480 e. The number of nitrogens with two attached hydrogens (primary N) is 2. The molecule has 0 radical (unpaired) electrons. The van der Waals surface area contributed by atoms with Crippen LogP contribution in [0.3, 0.4) is 0 Å². The molecule has 84 heavy (non-hydrogen) atoms. The Balaban J connectivity index is 1.09. The number of β-amino-alcohol motifs (C(OH)–C–C–N with tert-alkyl or cyclic N) is 1. The molecule has 0 spiro atoms. The SMILES string of the molecule is CC(C)C[C@H](NC(=O)[C@H](C)NC(=O)CNC(=O)[C@H](CC(C)C)NC(=O)[C@H](CCC(N)=O)NC(=O)CNC(=O)[C@@H]1C[C@@H](O)CN1C(=O)OCC1c2ccccc2-c2ccccc21)C(=O)NCC(=O)N1CCC[C@H]1C(=O)N[C@@H](CCCCN)C(=O)O. The highest BCUT2D eigenvalue weighted by Gasteiger charge is 2.42. The Morgan fingerprint density at radius 3 is 1.79 bits per heavy atom. The third kappa shape index (κ3) is 19.5. The van der Waals surface area contributed by atoms with Crippen molar-refractivity contribution < 1.29 is 72.5 Å². The highest BCUT2D eigenvalue weighted by molar-refractivity contribution is 5.97. The van der Waals surface area contributed by atoms with Crippen molar-refractivity contribution in [3.63, 3.8) is 0 Å². The molecule has 11 amide bonds. The van der Waals surface area contributed by atoms with Crippen LogP contribution >= 0.6 is 0 Å². The van der Waals surface area contributed by atoms with Gasteiger partial charge in [-0.05, 0) is 98.9 Å². The van der Waals surface area contributed by atoms with Crippen LogP contribution in [0.1, 0.15) is 116 Å². The molecule has 2 saturated heterocycles. The molecule has 2 fully saturated rings. The Labute approximate surface area is 487 Å². The van der Waals surface area contributed by atoms with E-state index in [1.54, 1.807) is 27.7 Å². The van der Waals surface area contributed by atoms with E-state index in [1.165, 1.54) is 11.8 Å². The number of benzene rings is 2. The minimum atomic E-state index is -1.45. The lowest BCUT2D eigenvalue weighted by molar-refractivity contribution is -0.144. The van der Waals surface area contributed by atoms with Crippen LogP contribution in [0, 0.1) is 11.8 Å². The van der Waals surface area contributed by atoms with Gasteiger partial charge in [-0.25, -0.2) is 9.59 Å². The van der Waals surface area contributed by atoms with E-state index in [2.05, 4.69) is 42.5 Å². The number of nitrogens with zero attached hydrogens (tertiary/aromatic N) is 2. The summed E-state index contributed by atoms with van der Waals surface area (Å²) in [5.41, 5.74) is 14.9. The molecule has 1 aliphatic carbocycles. The number of primary amides is 1. The second-order valence-electron chi connectivity index (χ2n) is 22.2. The molecule has 2 aliphatic heterocycles. The highest BCUT2D eigenvalue weighted by atomic mass is 16.6. The van der Waals surface area contributed by atoms with Crippen LogP contribution in [0.25, 0.3) is 11.1 Å². The number of hydrogen-bond acceptors (Lipinski definition) is 15. The molecule has 27 heteroatoms. The number of likely N-dealkylation sites (tertiary alicyclic amines) is 2. The number of ether oxygens (including phenoxy) is 1. The first-order chi connectivity index (χ1) is 39.9. The number of aliphatic carboxylic acids is 1. The van der Waals surface area contributed by atoms with Crippen molar-refractivity contribution in [2.45, 2.75) is 153 Å². The summed E-state index contributed by atoms with van der Waals surface area (Å²) in [7, 11) is 0. The average molecular weight is 1180 g/mol. The van der Waals surface area contributed by atoms with Crippen LogP contribution < -0.4 is 54.0 Å². The van der Waals surface area contributed by atoms with Crippen molar-refractivity contribution in [1.82, 2.24) is 52.3 Å². The lowest BCUT2D eigenvalue weighted by Crippen LogP contribution is -2.57. The number of carboxylic acid groups (broad SMARTS) is 1. The lowest BCUT2D eigenvalue weighted by Gasteiger charge is -2.26. The van der Waals surface area contributed by atoms with Crippen molar-refractivity contribution >= 4 is 71.1 Å². The van der Waals surface area contributed by atoms with Gasteiger partial charge >= 0.3 is 12.1 Å². The molecule has 5 rings (SSSR count). The largest absolute Gasteiger partial charge is 0.480 e. The zero-order valence-electron chi connectivity index (χ0n) is 48.2. The number of carbonyl (C=O) groups excluding carboxylic acids is 11. The summed E-state index contributed by atoms with van der Waals surface area (Å²) in [4.78, 5) is 160. The molecule has 8 atom stereocenters.